The van der Waals surface area contributed by atoms with Gasteiger partial charge in [0.05, 0.1) is 7.11 Å². The summed E-state index contributed by atoms with van der Waals surface area (Å²) >= 11 is 6.16. The highest BCUT2D eigenvalue weighted by atomic mass is 35.5. The SMILES string of the molecule is CCC(C)(CCO)NC(=O)NCCc1ccc(OC)cc1Cl. The number of amides is 2. The van der Waals surface area contributed by atoms with Crippen LogP contribution in [-0.4, -0.2) is 36.9 Å². The highest BCUT2D eigenvalue weighted by Crippen LogP contribution is 2.22. The van der Waals surface area contributed by atoms with E-state index in [1.165, 1.54) is 0 Å². The Morgan fingerprint density at radius 2 is 2.18 bits per heavy atom. The summed E-state index contributed by atoms with van der Waals surface area (Å²) in [5.41, 5.74) is 0.563. The van der Waals surface area contributed by atoms with Crippen molar-refractivity contribution in [3.8, 4) is 5.75 Å². The largest absolute Gasteiger partial charge is 0.497 e. The van der Waals surface area contributed by atoms with Crippen LogP contribution in [0, 0.1) is 0 Å². The van der Waals surface area contributed by atoms with E-state index in [-0.39, 0.29) is 12.6 Å². The second-order valence-corrected chi connectivity index (χ2v) is 5.88. The highest BCUT2D eigenvalue weighted by Gasteiger charge is 2.23. The van der Waals surface area contributed by atoms with Crippen molar-refractivity contribution < 1.29 is 14.6 Å². The van der Waals surface area contributed by atoms with E-state index in [9.17, 15) is 4.79 Å². The number of rotatable bonds is 8. The molecule has 0 heterocycles. The molecule has 1 aromatic carbocycles. The molecule has 0 aliphatic heterocycles. The molecule has 3 N–H and O–H groups in total. The van der Waals surface area contributed by atoms with Crippen LogP contribution in [0.15, 0.2) is 18.2 Å². The van der Waals surface area contributed by atoms with Crippen molar-refractivity contribution in [1.82, 2.24) is 10.6 Å². The fraction of sp³-hybridized carbons (Fsp3) is 0.562. The molecule has 0 fully saturated rings. The van der Waals surface area contributed by atoms with Crippen molar-refractivity contribution >= 4 is 17.6 Å². The van der Waals surface area contributed by atoms with Crippen LogP contribution in [0.25, 0.3) is 0 Å². The lowest BCUT2D eigenvalue weighted by molar-refractivity contribution is 0.201. The van der Waals surface area contributed by atoms with Crippen molar-refractivity contribution in [2.24, 2.45) is 0 Å². The van der Waals surface area contributed by atoms with Gasteiger partial charge in [-0.15, -0.1) is 0 Å². The number of halogens is 1. The quantitative estimate of drug-likeness (QED) is 0.687. The maximum atomic E-state index is 11.9. The van der Waals surface area contributed by atoms with E-state index in [1.54, 1.807) is 13.2 Å². The van der Waals surface area contributed by atoms with Crippen LogP contribution in [0.1, 0.15) is 32.3 Å². The Morgan fingerprint density at radius 3 is 2.73 bits per heavy atom. The van der Waals surface area contributed by atoms with Crippen molar-refractivity contribution in [3.63, 3.8) is 0 Å². The molecule has 1 atom stereocenters. The molecule has 1 rings (SSSR count). The Labute approximate surface area is 137 Å². The molecule has 124 valence electrons. The number of carbonyl (C=O) groups excluding carboxylic acids is 1. The van der Waals surface area contributed by atoms with Gasteiger partial charge in [0.25, 0.3) is 0 Å². The zero-order valence-corrected chi connectivity index (χ0v) is 14.2. The molecule has 1 aromatic rings. The number of urea groups is 1. The predicted molar refractivity (Wildman–Crippen MR) is 88.6 cm³/mol. The Bertz CT molecular complexity index is 496. The van der Waals surface area contributed by atoms with Gasteiger partial charge in [-0.3, -0.25) is 0 Å². The summed E-state index contributed by atoms with van der Waals surface area (Å²) < 4.78 is 5.10. The molecule has 0 aliphatic carbocycles. The summed E-state index contributed by atoms with van der Waals surface area (Å²) in [6.45, 7) is 4.43. The summed E-state index contributed by atoms with van der Waals surface area (Å²) in [4.78, 5) is 11.9. The second-order valence-electron chi connectivity index (χ2n) is 5.48. The van der Waals surface area contributed by atoms with Gasteiger partial charge in [0, 0.05) is 23.7 Å². The molecule has 0 saturated carbocycles. The molecule has 0 aromatic heterocycles. The molecule has 1 unspecified atom stereocenters. The summed E-state index contributed by atoms with van der Waals surface area (Å²) in [5.74, 6) is 0.710. The summed E-state index contributed by atoms with van der Waals surface area (Å²) in [5, 5.41) is 15.4. The molecule has 2 amide bonds. The topological polar surface area (TPSA) is 70.6 Å². The molecule has 0 spiro atoms. The average Bonchev–Trinajstić information content (AvgIpc) is 2.49. The molecule has 0 radical (unpaired) electrons. The van der Waals surface area contributed by atoms with Crippen molar-refractivity contribution in [2.75, 3.05) is 20.3 Å². The Hall–Kier alpha value is -1.46. The second kappa shape index (κ2) is 8.86. The lowest BCUT2D eigenvalue weighted by Crippen LogP contribution is -2.50. The molecule has 6 heteroatoms. The van der Waals surface area contributed by atoms with Crippen molar-refractivity contribution in [3.05, 3.63) is 28.8 Å². The van der Waals surface area contributed by atoms with Crippen molar-refractivity contribution in [2.45, 2.75) is 38.6 Å². The minimum absolute atomic E-state index is 0.0477. The lowest BCUT2D eigenvalue weighted by Gasteiger charge is -2.29. The van der Waals surface area contributed by atoms with E-state index in [4.69, 9.17) is 21.4 Å². The summed E-state index contributed by atoms with van der Waals surface area (Å²) in [6, 6.07) is 5.26. The molecule has 5 nitrogen and oxygen atoms in total. The number of hydrogen-bond donors (Lipinski definition) is 3. The number of aliphatic hydroxyl groups excluding tert-OH is 1. The van der Waals surface area contributed by atoms with Crippen LogP contribution in [0.2, 0.25) is 5.02 Å². The molecule has 0 saturated heterocycles. The van der Waals surface area contributed by atoms with Gasteiger partial charge in [-0.05, 0) is 43.9 Å². The number of aliphatic hydroxyl groups is 1. The van der Waals surface area contributed by atoms with Gasteiger partial charge < -0.3 is 20.5 Å². The van der Waals surface area contributed by atoms with Crippen LogP contribution in [0.4, 0.5) is 4.79 Å². The molecular formula is C16H25ClN2O3. The first-order valence-corrected chi connectivity index (χ1v) is 7.81. The van der Waals surface area contributed by atoms with Gasteiger partial charge in [-0.2, -0.15) is 0 Å². The van der Waals surface area contributed by atoms with E-state index in [1.807, 2.05) is 26.0 Å². The minimum Gasteiger partial charge on any atom is -0.497 e. The van der Waals surface area contributed by atoms with Crippen LogP contribution in [0.5, 0.6) is 5.75 Å². The minimum atomic E-state index is -0.392. The zero-order valence-electron chi connectivity index (χ0n) is 13.4. The van der Waals surface area contributed by atoms with Crippen LogP contribution in [0.3, 0.4) is 0 Å². The van der Waals surface area contributed by atoms with Gasteiger partial charge >= 0.3 is 6.03 Å². The first kappa shape index (κ1) is 18.6. The van der Waals surface area contributed by atoms with Crippen molar-refractivity contribution in [1.29, 1.82) is 0 Å². The normalized spacial score (nSPS) is 13.3. The molecule has 0 bridgehead atoms. The Morgan fingerprint density at radius 1 is 1.45 bits per heavy atom. The van der Waals surface area contributed by atoms with Crippen LogP contribution >= 0.6 is 11.6 Å². The van der Waals surface area contributed by atoms with Crippen LogP contribution in [-0.2, 0) is 6.42 Å². The number of nitrogens with one attached hydrogen (secondary N) is 2. The third kappa shape index (κ3) is 5.73. The van der Waals surface area contributed by atoms with Gasteiger partial charge in [0.15, 0.2) is 0 Å². The van der Waals surface area contributed by atoms with Gasteiger partial charge in [-0.1, -0.05) is 24.6 Å². The number of ether oxygens (including phenoxy) is 1. The number of hydrogen-bond acceptors (Lipinski definition) is 3. The Balaban J connectivity index is 2.45. The third-order valence-electron chi connectivity index (χ3n) is 3.80. The number of methoxy groups -OCH3 is 1. The molecular weight excluding hydrogens is 304 g/mol. The summed E-state index contributed by atoms with van der Waals surface area (Å²) in [6.07, 6.45) is 1.92. The fourth-order valence-electron chi connectivity index (χ4n) is 2.06. The fourth-order valence-corrected chi connectivity index (χ4v) is 2.33. The van der Waals surface area contributed by atoms with Gasteiger partial charge in [0.1, 0.15) is 5.75 Å². The smallest absolute Gasteiger partial charge is 0.315 e. The highest BCUT2D eigenvalue weighted by molar-refractivity contribution is 6.31. The maximum absolute atomic E-state index is 11.9. The number of carbonyl (C=O) groups is 1. The van der Waals surface area contributed by atoms with E-state index in [0.717, 1.165) is 12.0 Å². The third-order valence-corrected chi connectivity index (χ3v) is 4.15. The van der Waals surface area contributed by atoms with E-state index in [2.05, 4.69) is 10.6 Å². The van der Waals surface area contributed by atoms with E-state index >= 15 is 0 Å². The first-order valence-electron chi connectivity index (χ1n) is 7.43. The predicted octanol–water partition coefficient (Wildman–Crippen LogP) is 2.74. The van der Waals surface area contributed by atoms with Gasteiger partial charge in [-0.25, -0.2) is 4.79 Å². The van der Waals surface area contributed by atoms with E-state index in [0.29, 0.717) is 30.2 Å². The molecule has 22 heavy (non-hydrogen) atoms. The monoisotopic (exact) mass is 328 g/mol. The average molecular weight is 329 g/mol. The zero-order chi connectivity index (χ0) is 16.6. The number of benzene rings is 1. The maximum Gasteiger partial charge on any atom is 0.315 e. The Kier molecular flexibility index (Phi) is 7.48. The van der Waals surface area contributed by atoms with Crippen LogP contribution < -0.4 is 15.4 Å². The standard InChI is InChI=1S/C16H25ClN2O3/c1-4-16(2,8-10-20)19-15(21)18-9-7-12-5-6-13(22-3)11-14(12)17/h5-6,11,20H,4,7-10H2,1-3H3,(H2,18,19,21). The van der Waals surface area contributed by atoms with E-state index < -0.39 is 5.54 Å². The van der Waals surface area contributed by atoms with Gasteiger partial charge in [0.2, 0.25) is 0 Å². The first-order chi connectivity index (χ1) is 10.4. The summed E-state index contributed by atoms with van der Waals surface area (Å²) in [7, 11) is 1.59. The molecule has 0 aliphatic rings. The lowest BCUT2D eigenvalue weighted by atomic mass is 9.95.